The number of hydrogen-bond donors (Lipinski definition) is 0. The number of rotatable bonds is 6. The molecule has 0 saturated carbocycles. The van der Waals surface area contributed by atoms with Crippen molar-refractivity contribution < 1.29 is 0 Å². The van der Waals surface area contributed by atoms with Gasteiger partial charge in [-0.15, -0.1) is 10.2 Å². The first-order valence-electron chi connectivity index (χ1n) is 9.06. The number of benzene rings is 1. The molecule has 0 spiro atoms. The molecular weight excluding hydrogens is 427 g/mol. The van der Waals surface area contributed by atoms with Gasteiger partial charge < -0.3 is 4.40 Å². The van der Waals surface area contributed by atoms with Crippen molar-refractivity contribution in [3.8, 4) is 5.69 Å². The molecule has 0 aliphatic rings. The van der Waals surface area contributed by atoms with Crippen molar-refractivity contribution in [1.82, 2.24) is 29.0 Å². The summed E-state index contributed by atoms with van der Waals surface area (Å²) < 4.78 is 4.01. The minimum Gasteiger partial charge on any atom is -0.305 e. The maximum absolute atomic E-state index is 6.08. The Morgan fingerprint density at radius 1 is 1.00 bits per heavy atom. The van der Waals surface area contributed by atoms with Crippen LogP contribution in [0.25, 0.3) is 11.3 Å². The summed E-state index contributed by atoms with van der Waals surface area (Å²) in [6.07, 6.45) is 3.84. The zero-order valence-corrected chi connectivity index (χ0v) is 18.6. The number of hydrogen-bond acceptors (Lipinski definition) is 5. The summed E-state index contributed by atoms with van der Waals surface area (Å²) >= 11 is 13.7. The van der Waals surface area contributed by atoms with Gasteiger partial charge in [-0.2, -0.15) is 0 Å². The first-order chi connectivity index (χ1) is 13.9. The Labute approximate surface area is 183 Å². The van der Waals surface area contributed by atoms with Gasteiger partial charge in [-0.25, -0.2) is 4.98 Å². The lowest BCUT2D eigenvalue weighted by Crippen LogP contribution is -2.20. The van der Waals surface area contributed by atoms with E-state index in [4.69, 9.17) is 23.2 Å². The van der Waals surface area contributed by atoms with Crippen LogP contribution < -0.4 is 0 Å². The molecule has 1 atom stereocenters. The number of halogens is 2. The second kappa shape index (κ2) is 8.36. The Bertz CT molecular complexity index is 1140. The van der Waals surface area contributed by atoms with Gasteiger partial charge >= 0.3 is 0 Å². The number of pyridine rings is 1. The van der Waals surface area contributed by atoms with Gasteiger partial charge in [0.25, 0.3) is 0 Å². The van der Waals surface area contributed by atoms with Gasteiger partial charge in [0.2, 0.25) is 0 Å². The first kappa shape index (κ1) is 20.2. The molecule has 0 aliphatic heterocycles. The maximum atomic E-state index is 6.08. The fraction of sp³-hybridized carbons (Fsp3) is 0.250. The molecule has 6 nitrogen and oxygen atoms in total. The smallest absolute Gasteiger partial charge is 0.196 e. The van der Waals surface area contributed by atoms with E-state index in [0.29, 0.717) is 15.8 Å². The highest BCUT2D eigenvalue weighted by Crippen LogP contribution is 2.29. The molecule has 1 aromatic carbocycles. The number of imidazole rings is 1. The number of thioether (sulfide) groups is 1. The molecule has 0 bridgehead atoms. The van der Waals surface area contributed by atoms with E-state index in [1.165, 1.54) is 0 Å². The third kappa shape index (κ3) is 4.28. The number of fused-ring (bicyclic) bond motifs is 1. The lowest BCUT2D eigenvalue weighted by atomic mass is 10.2. The standard InChI is InChI=1S/C20H20Cl2N6S/c1-13(26(2)3)19-24-25-20(28(19)17-7-4-14(21)5-8-17)29-12-16-11-27-10-15(22)6-9-18(27)23-16/h4-11,13H,12H2,1-3H3. The number of aromatic nitrogens is 5. The highest BCUT2D eigenvalue weighted by atomic mass is 35.5. The monoisotopic (exact) mass is 446 g/mol. The van der Waals surface area contributed by atoms with Crippen molar-refractivity contribution >= 4 is 40.6 Å². The molecule has 0 fully saturated rings. The van der Waals surface area contributed by atoms with Crippen LogP contribution in [0.1, 0.15) is 24.5 Å². The highest BCUT2D eigenvalue weighted by Gasteiger charge is 2.21. The van der Waals surface area contributed by atoms with Crippen LogP contribution in [0, 0.1) is 0 Å². The van der Waals surface area contributed by atoms with E-state index >= 15 is 0 Å². The Kier molecular flexibility index (Phi) is 5.83. The Morgan fingerprint density at radius 3 is 2.45 bits per heavy atom. The molecule has 3 heterocycles. The van der Waals surface area contributed by atoms with Crippen molar-refractivity contribution in [2.75, 3.05) is 14.1 Å². The average molecular weight is 447 g/mol. The van der Waals surface area contributed by atoms with E-state index in [1.807, 2.05) is 67.3 Å². The topological polar surface area (TPSA) is 51.2 Å². The molecule has 3 aromatic heterocycles. The zero-order valence-electron chi connectivity index (χ0n) is 16.3. The molecule has 4 aromatic rings. The van der Waals surface area contributed by atoms with Crippen LogP contribution in [-0.2, 0) is 5.75 Å². The molecular formula is C20H20Cl2N6S. The normalized spacial score (nSPS) is 12.8. The number of nitrogens with zero attached hydrogens (tertiary/aromatic N) is 6. The van der Waals surface area contributed by atoms with Gasteiger partial charge in [0, 0.05) is 28.9 Å². The van der Waals surface area contributed by atoms with Crippen molar-refractivity contribution in [1.29, 1.82) is 0 Å². The molecule has 150 valence electrons. The Hall–Kier alpha value is -2.06. The molecule has 9 heteroatoms. The second-order valence-corrected chi connectivity index (χ2v) is 8.74. The summed E-state index contributed by atoms with van der Waals surface area (Å²) in [6, 6.07) is 11.6. The Balaban J connectivity index is 1.66. The largest absolute Gasteiger partial charge is 0.305 e. The minimum atomic E-state index is 0.102. The SMILES string of the molecule is CC(c1nnc(SCc2cn3cc(Cl)ccc3n2)n1-c1ccc(Cl)cc1)N(C)C. The van der Waals surface area contributed by atoms with Crippen LogP contribution in [0.5, 0.6) is 0 Å². The molecule has 0 saturated heterocycles. The summed E-state index contributed by atoms with van der Waals surface area (Å²) in [5.41, 5.74) is 2.80. The summed E-state index contributed by atoms with van der Waals surface area (Å²) in [5.74, 6) is 1.54. The van der Waals surface area contributed by atoms with E-state index in [2.05, 4.69) is 31.6 Å². The third-order valence-electron chi connectivity index (χ3n) is 4.71. The fourth-order valence-corrected chi connectivity index (χ4v) is 4.07. The summed E-state index contributed by atoms with van der Waals surface area (Å²) in [5, 5.41) is 11.1. The van der Waals surface area contributed by atoms with Crippen molar-refractivity contribution in [3.63, 3.8) is 0 Å². The fourth-order valence-electron chi connectivity index (χ4n) is 2.93. The quantitative estimate of drug-likeness (QED) is 0.383. The van der Waals surface area contributed by atoms with Gasteiger partial charge in [0.05, 0.1) is 16.8 Å². The first-order valence-corrected chi connectivity index (χ1v) is 10.8. The van der Waals surface area contributed by atoms with E-state index in [-0.39, 0.29) is 6.04 Å². The Morgan fingerprint density at radius 2 is 1.72 bits per heavy atom. The predicted octanol–water partition coefficient (Wildman–Crippen LogP) is 5.14. The summed E-state index contributed by atoms with van der Waals surface area (Å²) in [4.78, 5) is 6.76. The second-order valence-electron chi connectivity index (χ2n) is 6.93. The van der Waals surface area contributed by atoms with Gasteiger partial charge in [-0.1, -0.05) is 35.0 Å². The molecule has 29 heavy (non-hydrogen) atoms. The average Bonchev–Trinajstić information content (AvgIpc) is 3.29. The van der Waals surface area contributed by atoms with E-state index in [9.17, 15) is 0 Å². The molecule has 4 rings (SSSR count). The molecule has 0 amide bonds. The predicted molar refractivity (Wildman–Crippen MR) is 118 cm³/mol. The van der Waals surface area contributed by atoms with E-state index < -0.39 is 0 Å². The van der Waals surface area contributed by atoms with E-state index in [0.717, 1.165) is 28.0 Å². The van der Waals surface area contributed by atoms with Crippen molar-refractivity contribution in [3.05, 3.63) is 70.4 Å². The van der Waals surface area contributed by atoms with Crippen LogP contribution in [0.2, 0.25) is 10.0 Å². The third-order valence-corrected chi connectivity index (χ3v) is 6.14. The molecule has 0 aliphatic carbocycles. The molecule has 0 radical (unpaired) electrons. The van der Waals surface area contributed by atoms with Crippen LogP contribution in [0.15, 0.2) is 53.9 Å². The van der Waals surface area contributed by atoms with Gasteiger partial charge in [-0.3, -0.25) is 9.47 Å². The van der Waals surface area contributed by atoms with Crippen molar-refractivity contribution in [2.45, 2.75) is 23.9 Å². The van der Waals surface area contributed by atoms with Gasteiger partial charge in [0.1, 0.15) is 5.65 Å². The lowest BCUT2D eigenvalue weighted by Gasteiger charge is -2.20. The highest BCUT2D eigenvalue weighted by molar-refractivity contribution is 7.98. The molecule has 0 N–H and O–H groups in total. The summed E-state index contributed by atoms with van der Waals surface area (Å²) in [7, 11) is 4.06. The van der Waals surface area contributed by atoms with Crippen LogP contribution in [-0.4, -0.2) is 43.1 Å². The summed E-state index contributed by atoms with van der Waals surface area (Å²) in [6.45, 7) is 2.11. The van der Waals surface area contributed by atoms with E-state index in [1.54, 1.807) is 11.8 Å². The van der Waals surface area contributed by atoms with Crippen LogP contribution in [0.4, 0.5) is 0 Å². The van der Waals surface area contributed by atoms with Crippen molar-refractivity contribution in [2.24, 2.45) is 0 Å². The minimum absolute atomic E-state index is 0.102. The zero-order chi connectivity index (χ0) is 20.5. The van der Waals surface area contributed by atoms with Crippen LogP contribution in [0.3, 0.4) is 0 Å². The maximum Gasteiger partial charge on any atom is 0.196 e. The lowest BCUT2D eigenvalue weighted by molar-refractivity contribution is 0.305. The van der Waals surface area contributed by atoms with Gasteiger partial charge in [-0.05, 0) is 57.4 Å². The van der Waals surface area contributed by atoms with Crippen LogP contribution >= 0.6 is 35.0 Å². The van der Waals surface area contributed by atoms with Gasteiger partial charge in [0.15, 0.2) is 11.0 Å². The molecule has 1 unspecified atom stereocenters.